The fourth-order valence-electron chi connectivity index (χ4n) is 3.16. The second-order valence-corrected chi connectivity index (χ2v) is 5.94. The first-order valence-electron chi connectivity index (χ1n) is 7.28. The van der Waals surface area contributed by atoms with Gasteiger partial charge in [0.25, 0.3) is 0 Å². The summed E-state index contributed by atoms with van der Waals surface area (Å²) < 4.78 is 5.76. The first-order valence-corrected chi connectivity index (χ1v) is 7.28. The van der Waals surface area contributed by atoms with Crippen LogP contribution in [0, 0.1) is 5.92 Å². The Hall–Kier alpha value is -0.120. The average Bonchev–Trinajstić information content (AvgIpc) is 2.29. The predicted octanol–water partition coefficient (Wildman–Crippen LogP) is 1.87. The Kier molecular flexibility index (Phi) is 4.83. The molecule has 0 bridgehead atoms. The molecule has 0 aromatic rings. The van der Waals surface area contributed by atoms with Gasteiger partial charge in [-0.2, -0.15) is 0 Å². The van der Waals surface area contributed by atoms with Gasteiger partial charge in [0.1, 0.15) is 0 Å². The van der Waals surface area contributed by atoms with Gasteiger partial charge in [-0.3, -0.25) is 4.90 Å². The van der Waals surface area contributed by atoms with E-state index < -0.39 is 0 Å². The van der Waals surface area contributed by atoms with E-state index in [1.165, 1.54) is 32.4 Å². The highest BCUT2D eigenvalue weighted by Crippen LogP contribution is 2.19. The number of morpholine rings is 1. The van der Waals surface area contributed by atoms with Gasteiger partial charge < -0.3 is 10.1 Å². The maximum absolute atomic E-state index is 5.76. The Morgan fingerprint density at radius 3 is 2.88 bits per heavy atom. The van der Waals surface area contributed by atoms with Crippen LogP contribution >= 0.6 is 0 Å². The van der Waals surface area contributed by atoms with Crippen LogP contribution in [0.25, 0.3) is 0 Å². The highest BCUT2D eigenvalue weighted by molar-refractivity contribution is 4.84. The van der Waals surface area contributed by atoms with Gasteiger partial charge in [-0.25, -0.2) is 0 Å². The summed E-state index contributed by atoms with van der Waals surface area (Å²) in [5.41, 5.74) is 0. The molecule has 0 aromatic heterocycles. The van der Waals surface area contributed by atoms with E-state index in [0.717, 1.165) is 19.1 Å². The van der Waals surface area contributed by atoms with Crippen molar-refractivity contribution in [2.45, 2.75) is 58.2 Å². The number of ether oxygens (including phenoxy) is 1. The molecule has 2 rings (SSSR count). The van der Waals surface area contributed by atoms with E-state index in [9.17, 15) is 0 Å². The van der Waals surface area contributed by atoms with Crippen molar-refractivity contribution in [3.8, 4) is 0 Å². The van der Waals surface area contributed by atoms with Crippen molar-refractivity contribution in [3.63, 3.8) is 0 Å². The van der Waals surface area contributed by atoms with Crippen LogP contribution in [-0.4, -0.2) is 49.3 Å². The van der Waals surface area contributed by atoms with Crippen molar-refractivity contribution in [2.24, 2.45) is 5.92 Å². The lowest BCUT2D eigenvalue weighted by Crippen LogP contribution is -2.54. The predicted molar refractivity (Wildman–Crippen MR) is 71.3 cm³/mol. The highest BCUT2D eigenvalue weighted by atomic mass is 16.5. The fourth-order valence-corrected chi connectivity index (χ4v) is 3.16. The normalized spacial score (nSPS) is 40.4. The van der Waals surface area contributed by atoms with Crippen LogP contribution in [0.15, 0.2) is 0 Å². The minimum Gasteiger partial charge on any atom is -0.376 e. The molecule has 2 fully saturated rings. The van der Waals surface area contributed by atoms with Crippen molar-refractivity contribution in [1.29, 1.82) is 0 Å². The summed E-state index contributed by atoms with van der Waals surface area (Å²) in [7, 11) is 0. The Labute approximate surface area is 106 Å². The zero-order valence-corrected chi connectivity index (χ0v) is 11.6. The van der Waals surface area contributed by atoms with E-state index in [-0.39, 0.29) is 0 Å². The minimum atomic E-state index is 0.402. The molecule has 0 aliphatic carbocycles. The summed E-state index contributed by atoms with van der Waals surface area (Å²) in [5, 5.41) is 3.67. The molecule has 0 spiro atoms. The van der Waals surface area contributed by atoms with Crippen LogP contribution in [0.5, 0.6) is 0 Å². The lowest BCUT2D eigenvalue weighted by atomic mass is 9.93. The zero-order valence-electron chi connectivity index (χ0n) is 11.6. The number of piperidine rings is 1. The smallest absolute Gasteiger partial charge is 0.0674 e. The maximum Gasteiger partial charge on any atom is 0.0674 e. The average molecular weight is 240 g/mol. The van der Waals surface area contributed by atoms with Crippen molar-refractivity contribution in [3.05, 3.63) is 0 Å². The third-order valence-corrected chi connectivity index (χ3v) is 4.26. The molecule has 1 N–H and O–H groups in total. The van der Waals surface area contributed by atoms with Gasteiger partial charge >= 0.3 is 0 Å². The zero-order chi connectivity index (χ0) is 12.3. The van der Waals surface area contributed by atoms with Gasteiger partial charge in [-0.05, 0) is 38.6 Å². The molecule has 0 amide bonds. The van der Waals surface area contributed by atoms with E-state index in [0.29, 0.717) is 18.2 Å². The minimum absolute atomic E-state index is 0.402. The fraction of sp³-hybridized carbons (Fsp3) is 1.00. The molecule has 100 valence electrons. The molecule has 0 saturated carbocycles. The molecule has 3 heteroatoms. The summed E-state index contributed by atoms with van der Waals surface area (Å²) in [6, 6.07) is 1.32. The van der Waals surface area contributed by atoms with Crippen molar-refractivity contribution >= 4 is 0 Å². The third-order valence-electron chi connectivity index (χ3n) is 4.26. The molecule has 3 nitrogen and oxygen atoms in total. The molecule has 0 aromatic carbocycles. The molecule has 0 radical (unpaired) electrons. The first-order chi connectivity index (χ1) is 8.19. The first kappa shape index (κ1) is 13.3. The molecule has 2 saturated heterocycles. The van der Waals surface area contributed by atoms with E-state index in [1.807, 2.05) is 0 Å². The van der Waals surface area contributed by atoms with Gasteiger partial charge in [0.2, 0.25) is 0 Å². The molecular formula is C14H28N2O. The lowest BCUT2D eigenvalue weighted by Gasteiger charge is -2.41. The van der Waals surface area contributed by atoms with Crippen LogP contribution in [0.1, 0.15) is 40.0 Å². The monoisotopic (exact) mass is 240 g/mol. The van der Waals surface area contributed by atoms with Gasteiger partial charge in [0.05, 0.1) is 12.7 Å². The van der Waals surface area contributed by atoms with E-state index >= 15 is 0 Å². The highest BCUT2D eigenvalue weighted by Gasteiger charge is 2.28. The molecule has 4 atom stereocenters. The summed E-state index contributed by atoms with van der Waals surface area (Å²) in [5.74, 6) is 0.889. The number of rotatable bonds is 3. The van der Waals surface area contributed by atoms with E-state index in [2.05, 4.69) is 31.0 Å². The summed E-state index contributed by atoms with van der Waals surface area (Å²) in [6.07, 6.45) is 4.28. The Bertz CT molecular complexity index is 234. The Morgan fingerprint density at radius 2 is 2.18 bits per heavy atom. The Balaban J connectivity index is 1.86. The molecule has 2 aliphatic rings. The number of nitrogens with one attached hydrogen (secondary N) is 1. The topological polar surface area (TPSA) is 24.5 Å². The molecular weight excluding hydrogens is 212 g/mol. The Morgan fingerprint density at radius 1 is 1.35 bits per heavy atom. The van der Waals surface area contributed by atoms with E-state index in [4.69, 9.17) is 4.74 Å². The van der Waals surface area contributed by atoms with Gasteiger partial charge in [0, 0.05) is 25.2 Å². The number of hydrogen-bond donors (Lipinski definition) is 1. The maximum atomic E-state index is 5.76. The standard InChI is InChI=1S/C14H28N2O/c1-4-14-10-17-12(3)8-16(14)9-13-7-11(2)5-6-15-13/h11-15H,4-10H2,1-3H3. The number of hydrogen-bond acceptors (Lipinski definition) is 3. The van der Waals surface area contributed by atoms with Crippen LogP contribution in [0.4, 0.5) is 0 Å². The quantitative estimate of drug-likeness (QED) is 0.815. The van der Waals surface area contributed by atoms with Crippen LogP contribution in [0.2, 0.25) is 0 Å². The summed E-state index contributed by atoms with van der Waals surface area (Å²) in [6.45, 7) is 11.3. The SMILES string of the molecule is CCC1COC(C)CN1CC1CC(C)CCN1. The van der Waals surface area contributed by atoms with Crippen LogP contribution in [-0.2, 0) is 4.74 Å². The van der Waals surface area contributed by atoms with Gasteiger partial charge in [-0.15, -0.1) is 0 Å². The van der Waals surface area contributed by atoms with Crippen molar-refractivity contribution in [1.82, 2.24) is 10.2 Å². The number of nitrogens with zero attached hydrogens (tertiary/aromatic N) is 1. The van der Waals surface area contributed by atoms with E-state index in [1.54, 1.807) is 0 Å². The van der Waals surface area contributed by atoms with Crippen molar-refractivity contribution < 1.29 is 4.74 Å². The largest absolute Gasteiger partial charge is 0.376 e. The van der Waals surface area contributed by atoms with Gasteiger partial charge in [0.15, 0.2) is 0 Å². The van der Waals surface area contributed by atoms with Crippen LogP contribution < -0.4 is 5.32 Å². The molecule has 2 heterocycles. The van der Waals surface area contributed by atoms with Crippen LogP contribution in [0.3, 0.4) is 0 Å². The van der Waals surface area contributed by atoms with Crippen molar-refractivity contribution in [2.75, 3.05) is 26.2 Å². The lowest BCUT2D eigenvalue weighted by molar-refractivity contribution is -0.0597. The summed E-state index contributed by atoms with van der Waals surface area (Å²) in [4.78, 5) is 2.64. The molecule has 2 aliphatic heterocycles. The van der Waals surface area contributed by atoms with Gasteiger partial charge in [-0.1, -0.05) is 13.8 Å². The second kappa shape index (κ2) is 6.17. The second-order valence-electron chi connectivity index (χ2n) is 5.94. The summed E-state index contributed by atoms with van der Waals surface area (Å²) >= 11 is 0. The molecule has 4 unspecified atom stereocenters. The third kappa shape index (κ3) is 3.67. The molecule has 17 heavy (non-hydrogen) atoms.